The lowest BCUT2D eigenvalue weighted by molar-refractivity contribution is -0.139. The minimum Gasteiger partial charge on any atom is -0.459 e. The van der Waals surface area contributed by atoms with Crippen LogP contribution in [-0.4, -0.2) is 17.7 Å². The SMILES string of the molecule is O=C(NCc1cc2ccccc2o1)NCC(O)c1ccccc1C(F)(F)F. The van der Waals surface area contributed by atoms with E-state index in [0.29, 0.717) is 11.3 Å². The van der Waals surface area contributed by atoms with Crippen LogP contribution in [-0.2, 0) is 12.7 Å². The van der Waals surface area contributed by atoms with Crippen LogP contribution in [0.15, 0.2) is 59.0 Å². The van der Waals surface area contributed by atoms with Gasteiger partial charge in [-0.2, -0.15) is 13.2 Å². The summed E-state index contributed by atoms with van der Waals surface area (Å²) in [6, 6.07) is 13.2. The largest absolute Gasteiger partial charge is 0.459 e. The molecule has 0 bridgehead atoms. The van der Waals surface area contributed by atoms with E-state index in [1.165, 1.54) is 18.2 Å². The molecule has 0 fully saturated rings. The van der Waals surface area contributed by atoms with Crippen LogP contribution in [0.5, 0.6) is 0 Å². The van der Waals surface area contributed by atoms with E-state index >= 15 is 0 Å². The molecule has 2 aromatic carbocycles. The van der Waals surface area contributed by atoms with Gasteiger partial charge in [0.25, 0.3) is 0 Å². The zero-order chi connectivity index (χ0) is 19.4. The number of urea groups is 1. The van der Waals surface area contributed by atoms with E-state index < -0.39 is 23.9 Å². The number of benzene rings is 2. The van der Waals surface area contributed by atoms with E-state index in [9.17, 15) is 23.1 Å². The third-order valence-corrected chi connectivity index (χ3v) is 3.98. The highest BCUT2D eigenvalue weighted by molar-refractivity contribution is 5.78. The topological polar surface area (TPSA) is 74.5 Å². The molecule has 0 saturated heterocycles. The van der Waals surface area contributed by atoms with Gasteiger partial charge in [0.2, 0.25) is 0 Å². The highest BCUT2D eigenvalue weighted by Crippen LogP contribution is 2.34. The molecule has 0 radical (unpaired) electrons. The lowest BCUT2D eigenvalue weighted by atomic mass is 10.0. The summed E-state index contributed by atoms with van der Waals surface area (Å²) in [7, 11) is 0. The fraction of sp³-hybridized carbons (Fsp3) is 0.211. The standard InChI is InChI=1S/C19H17F3N2O3/c20-19(21,22)15-7-3-2-6-14(15)16(25)11-24-18(26)23-10-13-9-12-5-1-4-8-17(12)27-13/h1-9,16,25H,10-11H2,(H2,23,24,26). The number of alkyl halides is 3. The molecular formula is C19H17F3N2O3. The van der Waals surface area contributed by atoms with Crippen LogP contribution >= 0.6 is 0 Å². The Balaban J connectivity index is 1.54. The minimum atomic E-state index is -4.58. The van der Waals surface area contributed by atoms with Gasteiger partial charge in [0, 0.05) is 11.9 Å². The molecule has 1 atom stereocenters. The molecule has 0 aliphatic heterocycles. The normalized spacial score (nSPS) is 12.7. The quantitative estimate of drug-likeness (QED) is 0.629. The molecule has 0 spiro atoms. The average molecular weight is 378 g/mol. The molecule has 5 nitrogen and oxygen atoms in total. The summed E-state index contributed by atoms with van der Waals surface area (Å²) >= 11 is 0. The van der Waals surface area contributed by atoms with Gasteiger partial charge < -0.3 is 20.2 Å². The summed E-state index contributed by atoms with van der Waals surface area (Å²) in [4.78, 5) is 11.9. The van der Waals surface area contributed by atoms with Crippen molar-refractivity contribution >= 4 is 17.0 Å². The van der Waals surface area contributed by atoms with Crippen molar-refractivity contribution in [3.63, 3.8) is 0 Å². The van der Waals surface area contributed by atoms with Gasteiger partial charge in [0.15, 0.2) is 0 Å². The van der Waals surface area contributed by atoms with Gasteiger partial charge in [0.05, 0.1) is 18.2 Å². The molecule has 142 valence electrons. The molecule has 2 amide bonds. The van der Waals surface area contributed by atoms with E-state index in [2.05, 4.69) is 10.6 Å². The van der Waals surface area contributed by atoms with Crippen molar-refractivity contribution in [2.45, 2.75) is 18.8 Å². The Kier molecular flexibility index (Phi) is 5.36. The first kappa shape index (κ1) is 18.8. The fourth-order valence-corrected chi connectivity index (χ4v) is 2.70. The molecule has 3 rings (SSSR count). The van der Waals surface area contributed by atoms with Gasteiger partial charge in [0.1, 0.15) is 11.3 Å². The second-order valence-electron chi connectivity index (χ2n) is 5.91. The smallest absolute Gasteiger partial charge is 0.416 e. The zero-order valence-corrected chi connectivity index (χ0v) is 14.1. The summed E-state index contributed by atoms with van der Waals surface area (Å²) in [6.45, 7) is -0.255. The highest BCUT2D eigenvalue weighted by atomic mass is 19.4. The predicted octanol–water partition coefficient (Wildman–Crippen LogP) is 3.98. The summed E-state index contributed by atoms with van der Waals surface area (Å²) < 4.78 is 44.5. The van der Waals surface area contributed by atoms with E-state index in [4.69, 9.17) is 4.42 Å². The maximum absolute atomic E-state index is 13.0. The molecule has 0 aliphatic rings. The molecule has 8 heteroatoms. The van der Waals surface area contributed by atoms with Gasteiger partial charge in [-0.25, -0.2) is 4.79 Å². The lowest BCUT2D eigenvalue weighted by Gasteiger charge is -2.18. The molecule has 27 heavy (non-hydrogen) atoms. The summed E-state index contributed by atoms with van der Waals surface area (Å²) in [5, 5.41) is 15.8. The third-order valence-electron chi connectivity index (χ3n) is 3.98. The van der Waals surface area contributed by atoms with Gasteiger partial charge in [-0.3, -0.25) is 0 Å². The lowest BCUT2D eigenvalue weighted by Crippen LogP contribution is -2.37. The van der Waals surface area contributed by atoms with Crippen molar-refractivity contribution in [3.05, 3.63) is 71.5 Å². The summed E-state index contributed by atoms with van der Waals surface area (Å²) in [5.74, 6) is 0.536. The monoisotopic (exact) mass is 378 g/mol. The number of aliphatic hydroxyl groups is 1. The number of nitrogens with one attached hydrogen (secondary N) is 2. The Morgan fingerprint density at radius 2 is 1.78 bits per heavy atom. The maximum atomic E-state index is 13.0. The number of para-hydroxylation sites is 1. The third kappa shape index (κ3) is 4.59. The van der Waals surface area contributed by atoms with Crippen molar-refractivity contribution in [2.24, 2.45) is 0 Å². The number of aliphatic hydroxyl groups excluding tert-OH is 1. The first-order valence-corrected chi connectivity index (χ1v) is 8.18. The Morgan fingerprint density at radius 1 is 1.07 bits per heavy atom. The van der Waals surface area contributed by atoms with Crippen LogP contribution in [0, 0.1) is 0 Å². The van der Waals surface area contributed by atoms with Crippen LogP contribution in [0.3, 0.4) is 0 Å². The number of carbonyl (C=O) groups is 1. The number of rotatable bonds is 5. The predicted molar refractivity (Wildman–Crippen MR) is 92.9 cm³/mol. The van der Waals surface area contributed by atoms with Crippen LogP contribution in [0.4, 0.5) is 18.0 Å². The van der Waals surface area contributed by atoms with E-state index in [1.54, 1.807) is 12.1 Å². The van der Waals surface area contributed by atoms with Crippen LogP contribution < -0.4 is 10.6 Å². The Labute approximate surface area is 152 Å². The van der Waals surface area contributed by atoms with Gasteiger partial charge in [-0.05, 0) is 23.8 Å². The van der Waals surface area contributed by atoms with Crippen LogP contribution in [0.25, 0.3) is 11.0 Å². The Morgan fingerprint density at radius 3 is 2.52 bits per heavy atom. The molecular weight excluding hydrogens is 361 g/mol. The molecule has 1 aromatic heterocycles. The van der Waals surface area contributed by atoms with E-state index in [0.717, 1.165) is 11.5 Å². The summed E-state index contributed by atoms with van der Waals surface area (Å²) in [6.07, 6.45) is -6.07. The second-order valence-corrected chi connectivity index (χ2v) is 5.91. The number of hydrogen-bond acceptors (Lipinski definition) is 3. The Hall–Kier alpha value is -3.00. The first-order chi connectivity index (χ1) is 12.8. The highest BCUT2D eigenvalue weighted by Gasteiger charge is 2.34. The van der Waals surface area contributed by atoms with Crippen molar-refractivity contribution < 1.29 is 27.5 Å². The van der Waals surface area contributed by atoms with Crippen molar-refractivity contribution in [1.82, 2.24) is 10.6 Å². The Bertz CT molecular complexity index is 904. The number of fused-ring (bicyclic) bond motifs is 1. The van der Waals surface area contributed by atoms with Crippen LogP contribution in [0.1, 0.15) is 23.0 Å². The second kappa shape index (κ2) is 7.71. The number of halogens is 3. The molecule has 3 N–H and O–H groups in total. The zero-order valence-electron chi connectivity index (χ0n) is 14.1. The molecule has 0 saturated carbocycles. The summed E-state index contributed by atoms with van der Waals surface area (Å²) in [5.41, 5.74) is -0.529. The van der Waals surface area contributed by atoms with Crippen molar-refractivity contribution in [3.8, 4) is 0 Å². The average Bonchev–Trinajstić information content (AvgIpc) is 3.06. The van der Waals surface area contributed by atoms with E-state index in [-0.39, 0.29) is 18.7 Å². The number of amides is 2. The van der Waals surface area contributed by atoms with Crippen LogP contribution in [0.2, 0.25) is 0 Å². The molecule has 0 aliphatic carbocycles. The maximum Gasteiger partial charge on any atom is 0.416 e. The fourth-order valence-electron chi connectivity index (χ4n) is 2.70. The van der Waals surface area contributed by atoms with E-state index in [1.807, 2.05) is 18.2 Å². The number of furan rings is 1. The molecule has 1 heterocycles. The van der Waals surface area contributed by atoms with Gasteiger partial charge in [-0.1, -0.05) is 36.4 Å². The van der Waals surface area contributed by atoms with Gasteiger partial charge >= 0.3 is 12.2 Å². The minimum absolute atomic E-state index is 0.107. The number of carbonyl (C=O) groups excluding carboxylic acids is 1. The van der Waals surface area contributed by atoms with Crippen molar-refractivity contribution in [2.75, 3.05) is 6.54 Å². The van der Waals surface area contributed by atoms with Crippen molar-refractivity contribution in [1.29, 1.82) is 0 Å². The molecule has 1 unspecified atom stereocenters. The first-order valence-electron chi connectivity index (χ1n) is 8.18. The molecule has 3 aromatic rings. The van der Waals surface area contributed by atoms with Gasteiger partial charge in [-0.15, -0.1) is 0 Å². The number of hydrogen-bond donors (Lipinski definition) is 3.